The molecule has 5 heteroatoms. The van der Waals surface area contributed by atoms with Crippen LogP contribution in [0.4, 0.5) is 13.2 Å². The van der Waals surface area contributed by atoms with Crippen LogP contribution in [0.15, 0.2) is 83.5 Å². The van der Waals surface area contributed by atoms with Gasteiger partial charge in [0.1, 0.15) is 0 Å². The van der Waals surface area contributed by atoms with Crippen molar-refractivity contribution in [3.8, 4) is 0 Å². The minimum atomic E-state index is -4.33. The molecular weight excluding hydrogens is 349 g/mol. The van der Waals surface area contributed by atoms with Gasteiger partial charge in [0.2, 0.25) is 0 Å². The van der Waals surface area contributed by atoms with Gasteiger partial charge in [-0.25, -0.2) is 0 Å². The Morgan fingerprint density at radius 3 is 2.44 bits per heavy atom. The third kappa shape index (κ3) is 3.68. The normalized spacial score (nSPS) is 19.4. The number of rotatable bonds is 3. The average molecular weight is 368 g/mol. The van der Waals surface area contributed by atoms with E-state index in [-0.39, 0.29) is 6.04 Å². The van der Waals surface area contributed by atoms with Crippen molar-refractivity contribution in [1.29, 1.82) is 0 Å². The lowest BCUT2D eigenvalue weighted by atomic mass is 9.88. The molecule has 0 fully saturated rings. The summed E-state index contributed by atoms with van der Waals surface area (Å²) in [5.41, 5.74) is 3.37. The first kappa shape index (κ1) is 17.6. The summed E-state index contributed by atoms with van der Waals surface area (Å²) < 4.78 is 38.6. The molecule has 0 aromatic heterocycles. The van der Waals surface area contributed by atoms with Crippen LogP contribution in [0.3, 0.4) is 0 Å². The molecule has 0 saturated carbocycles. The first-order valence-corrected chi connectivity index (χ1v) is 8.91. The first-order chi connectivity index (χ1) is 13.0. The van der Waals surface area contributed by atoms with E-state index in [1.54, 1.807) is 0 Å². The fourth-order valence-electron chi connectivity index (χ4n) is 3.63. The van der Waals surface area contributed by atoms with Gasteiger partial charge in [-0.2, -0.15) is 13.2 Å². The number of benzene rings is 2. The van der Waals surface area contributed by atoms with E-state index in [1.807, 2.05) is 30.5 Å². The second-order valence-electron chi connectivity index (χ2n) is 6.74. The lowest BCUT2D eigenvalue weighted by molar-refractivity contribution is -0.137. The Labute approximate surface area is 156 Å². The lowest BCUT2D eigenvalue weighted by Crippen LogP contribution is -2.43. The van der Waals surface area contributed by atoms with Gasteiger partial charge in [0.25, 0.3) is 0 Å². The largest absolute Gasteiger partial charge is 0.416 e. The summed E-state index contributed by atoms with van der Waals surface area (Å²) in [5, 5.41) is 0. The highest BCUT2D eigenvalue weighted by Gasteiger charge is 2.33. The molecule has 0 radical (unpaired) electrons. The van der Waals surface area contributed by atoms with Crippen LogP contribution in [-0.2, 0) is 12.7 Å². The zero-order valence-electron chi connectivity index (χ0n) is 14.7. The fraction of sp³-hybridized carbons (Fsp3) is 0.227. The van der Waals surface area contributed by atoms with Crippen LogP contribution in [0, 0.1) is 0 Å². The average Bonchev–Trinajstić information content (AvgIpc) is 2.68. The number of hydrogen-bond donors (Lipinski definition) is 0. The summed E-state index contributed by atoms with van der Waals surface area (Å²) in [5.74, 6) is 0. The zero-order chi connectivity index (χ0) is 18.9. The Bertz CT molecular complexity index is 893. The number of alkyl halides is 3. The Hall–Kier alpha value is -2.82. The van der Waals surface area contributed by atoms with E-state index < -0.39 is 11.7 Å². The Morgan fingerprint density at radius 1 is 1.00 bits per heavy atom. The molecule has 2 aliphatic heterocycles. The molecule has 2 aromatic rings. The summed E-state index contributed by atoms with van der Waals surface area (Å²) >= 11 is 0. The highest BCUT2D eigenvalue weighted by atomic mass is 19.4. The number of fused-ring (bicyclic) bond motifs is 1. The molecule has 0 saturated heterocycles. The molecule has 0 N–H and O–H groups in total. The zero-order valence-corrected chi connectivity index (χ0v) is 14.7. The van der Waals surface area contributed by atoms with E-state index >= 15 is 0 Å². The molecule has 2 heterocycles. The van der Waals surface area contributed by atoms with E-state index in [2.05, 4.69) is 28.1 Å². The number of nitrogens with zero attached hydrogens (tertiary/aromatic N) is 2. The lowest BCUT2D eigenvalue weighted by Gasteiger charge is -2.38. The third-order valence-electron chi connectivity index (χ3n) is 4.93. The molecule has 138 valence electrons. The van der Waals surface area contributed by atoms with Crippen molar-refractivity contribution < 1.29 is 13.2 Å². The van der Waals surface area contributed by atoms with Gasteiger partial charge < -0.3 is 4.90 Å². The maximum atomic E-state index is 12.9. The monoisotopic (exact) mass is 368 g/mol. The summed E-state index contributed by atoms with van der Waals surface area (Å²) in [4.78, 5) is 6.90. The Balaban J connectivity index is 1.65. The Kier molecular flexibility index (Phi) is 4.60. The number of halogens is 3. The van der Waals surface area contributed by atoms with E-state index in [9.17, 15) is 13.2 Å². The molecule has 1 atom stereocenters. The van der Waals surface area contributed by atoms with Crippen LogP contribution in [0.1, 0.15) is 23.1 Å². The molecule has 0 bridgehead atoms. The van der Waals surface area contributed by atoms with E-state index in [0.717, 1.165) is 36.4 Å². The molecule has 0 amide bonds. The first-order valence-electron chi connectivity index (χ1n) is 8.91. The molecule has 1 unspecified atom stereocenters. The highest BCUT2D eigenvalue weighted by Crippen LogP contribution is 2.32. The van der Waals surface area contributed by atoms with Crippen molar-refractivity contribution in [3.05, 3.63) is 95.2 Å². The van der Waals surface area contributed by atoms with Crippen LogP contribution in [0.25, 0.3) is 0 Å². The standard InChI is InChI=1S/C22H19F3N2/c23-22(24,25)19-10-8-17(9-11-19)20-21-18(12-13-26-20)7-4-14-27(21)15-16-5-2-1-3-6-16/h1-11,14,21H,12-13,15H2. The summed E-state index contributed by atoms with van der Waals surface area (Å²) in [6, 6.07) is 15.4. The SMILES string of the molecule is FC(F)(F)c1ccc(C2=NCCC3=CC=CN(Cc4ccccc4)C32)cc1. The van der Waals surface area contributed by atoms with Crippen molar-refractivity contribution in [2.75, 3.05) is 6.54 Å². The van der Waals surface area contributed by atoms with Crippen LogP contribution < -0.4 is 0 Å². The molecule has 0 aliphatic carbocycles. The van der Waals surface area contributed by atoms with Crippen molar-refractivity contribution >= 4 is 5.71 Å². The van der Waals surface area contributed by atoms with Gasteiger partial charge >= 0.3 is 6.18 Å². The molecule has 2 aliphatic rings. The molecule has 2 nitrogen and oxygen atoms in total. The maximum absolute atomic E-state index is 12.9. The van der Waals surface area contributed by atoms with E-state index in [1.165, 1.54) is 23.3 Å². The molecule has 2 aromatic carbocycles. The van der Waals surface area contributed by atoms with Crippen LogP contribution in [0.5, 0.6) is 0 Å². The topological polar surface area (TPSA) is 15.6 Å². The van der Waals surface area contributed by atoms with Crippen molar-refractivity contribution in [2.24, 2.45) is 4.99 Å². The van der Waals surface area contributed by atoms with Crippen molar-refractivity contribution in [3.63, 3.8) is 0 Å². The second kappa shape index (κ2) is 7.06. The van der Waals surface area contributed by atoms with E-state index in [4.69, 9.17) is 0 Å². The van der Waals surface area contributed by atoms with Crippen LogP contribution in [-0.4, -0.2) is 23.2 Å². The third-order valence-corrected chi connectivity index (χ3v) is 4.93. The van der Waals surface area contributed by atoms with Gasteiger partial charge in [-0.3, -0.25) is 4.99 Å². The van der Waals surface area contributed by atoms with Gasteiger partial charge in [0.15, 0.2) is 0 Å². The van der Waals surface area contributed by atoms with Crippen molar-refractivity contribution in [1.82, 2.24) is 4.90 Å². The molecule has 4 rings (SSSR count). The predicted octanol–water partition coefficient (Wildman–Crippen LogP) is 5.22. The van der Waals surface area contributed by atoms with Gasteiger partial charge in [0.05, 0.1) is 17.3 Å². The summed E-state index contributed by atoms with van der Waals surface area (Å²) in [6.07, 6.45) is 2.71. The van der Waals surface area contributed by atoms with Crippen LogP contribution >= 0.6 is 0 Å². The molecule has 27 heavy (non-hydrogen) atoms. The van der Waals surface area contributed by atoms with Gasteiger partial charge in [0, 0.05) is 19.3 Å². The second-order valence-corrected chi connectivity index (χ2v) is 6.74. The van der Waals surface area contributed by atoms with Crippen molar-refractivity contribution in [2.45, 2.75) is 25.2 Å². The maximum Gasteiger partial charge on any atom is 0.416 e. The molecular formula is C22H19F3N2. The van der Waals surface area contributed by atoms with E-state index in [0.29, 0.717) is 6.54 Å². The van der Waals surface area contributed by atoms with Gasteiger partial charge in [-0.05, 0) is 41.3 Å². The van der Waals surface area contributed by atoms with Crippen LogP contribution in [0.2, 0.25) is 0 Å². The quantitative estimate of drug-likeness (QED) is 0.725. The number of allylic oxidation sites excluding steroid dienone is 2. The minimum Gasteiger partial charge on any atom is -0.361 e. The van der Waals surface area contributed by atoms with Gasteiger partial charge in [-0.15, -0.1) is 0 Å². The summed E-state index contributed by atoms with van der Waals surface area (Å²) in [6.45, 7) is 1.38. The molecule has 0 spiro atoms. The Morgan fingerprint density at radius 2 is 1.74 bits per heavy atom. The number of hydrogen-bond acceptors (Lipinski definition) is 2. The highest BCUT2D eigenvalue weighted by molar-refractivity contribution is 6.07. The fourth-order valence-corrected chi connectivity index (χ4v) is 3.63. The number of aliphatic imine (C=N–C) groups is 1. The predicted molar refractivity (Wildman–Crippen MR) is 100 cm³/mol. The van der Waals surface area contributed by atoms with Gasteiger partial charge in [-0.1, -0.05) is 48.5 Å². The smallest absolute Gasteiger partial charge is 0.361 e. The summed E-state index contributed by atoms with van der Waals surface area (Å²) in [7, 11) is 0. The minimum absolute atomic E-state index is 0.0410.